The lowest BCUT2D eigenvalue weighted by Gasteiger charge is -2.52. The number of carbonyl (C=O) groups is 1. The van der Waals surface area contributed by atoms with E-state index < -0.39 is 8.32 Å². The molecule has 24 heavy (non-hydrogen) atoms. The third kappa shape index (κ3) is 4.28. The van der Waals surface area contributed by atoms with E-state index in [4.69, 9.17) is 9.16 Å². The highest BCUT2D eigenvalue weighted by atomic mass is 28.4. The first-order valence-corrected chi connectivity index (χ1v) is 11.9. The fraction of sp³-hybridized carbons (Fsp3) is 0.650. The Hall–Kier alpha value is -1.13. The zero-order valence-corrected chi connectivity index (χ0v) is 17.0. The summed E-state index contributed by atoms with van der Waals surface area (Å²) in [5, 5.41) is 0.189. The first-order chi connectivity index (χ1) is 11.1. The normalized spacial score (nSPS) is 24.3. The summed E-state index contributed by atoms with van der Waals surface area (Å²) < 4.78 is 12.1. The molecule has 0 N–H and O–H groups in total. The van der Waals surface area contributed by atoms with Crippen LogP contribution in [0, 0.1) is 5.92 Å². The Labute approximate surface area is 147 Å². The number of esters is 1. The minimum atomic E-state index is -1.82. The molecule has 1 aliphatic carbocycles. The molecule has 0 aliphatic heterocycles. The molecule has 1 aromatic carbocycles. The second-order valence-electron chi connectivity index (χ2n) is 8.60. The Balaban J connectivity index is 1.88. The van der Waals surface area contributed by atoms with Crippen molar-refractivity contribution < 1.29 is 14.0 Å². The van der Waals surface area contributed by atoms with E-state index in [-0.39, 0.29) is 22.5 Å². The van der Waals surface area contributed by atoms with Crippen LogP contribution in [0.3, 0.4) is 0 Å². The van der Waals surface area contributed by atoms with E-state index in [9.17, 15) is 4.79 Å². The number of hydrogen-bond donors (Lipinski definition) is 0. The summed E-state index contributed by atoms with van der Waals surface area (Å²) in [6.45, 7) is 13.9. The minimum Gasteiger partial charge on any atom is -0.461 e. The quantitative estimate of drug-likeness (QED) is 0.516. The number of hydrogen-bond acceptors (Lipinski definition) is 3. The largest absolute Gasteiger partial charge is 0.461 e. The van der Waals surface area contributed by atoms with Gasteiger partial charge in [0.25, 0.3) is 0 Å². The molecule has 1 saturated carbocycles. The lowest BCUT2D eigenvalue weighted by atomic mass is 9.69. The Morgan fingerprint density at radius 3 is 2.29 bits per heavy atom. The van der Waals surface area contributed by atoms with E-state index in [1.807, 2.05) is 30.3 Å². The molecule has 0 amide bonds. The Morgan fingerprint density at radius 2 is 1.79 bits per heavy atom. The van der Waals surface area contributed by atoms with Gasteiger partial charge in [-0.25, -0.2) is 0 Å². The van der Waals surface area contributed by atoms with Crippen LogP contribution >= 0.6 is 0 Å². The molecule has 0 saturated heterocycles. The maximum absolute atomic E-state index is 12.3. The predicted octanol–water partition coefficient (Wildman–Crippen LogP) is 5.31. The monoisotopic (exact) mass is 348 g/mol. The molecule has 1 fully saturated rings. The van der Waals surface area contributed by atoms with E-state index in [2.05, 4.69) is 40.8 Å². The van der Waals surface area contributed by atoms with Gasteiger partial charge in [-0.2, -0.15) is 0 Å². The van der Waals surface area contributed by atoms with E-state index in [1.54, 1.807) is 0 Å². The third-order valence-electron chi connectivity index (χ3n) is 5.72. The first kappa shape index (κ1) is 19.2. The number of rotatable bonds is 6. The molecule has 1 aliphatic rings. The SMILES string of the molecule is CCC1(O[Si](C)(C)C(C)(C)C)CC(C(=O)OCc2ccccc2)C1. The molecule has 0 bridgehead atoms. The molecule has 0 unspecified atom stereocenters. The van der Waals surface area contributed by atoms with Crippen molar-refractivity contribution in [1.29, 1.82) is 0 Å². The predicted molar refractivity (Wildman–Crippen MR) is 100 cm³/mol. The molecular formula is C20H32O3Si. The number of benzene rings is 1. The molecule has 0 atom stereocenters. The Bertz CT molecular complexity index is 554. The average Bonchev–Trinajstić information content (AvgIpc) is 2.48. The maximum Gasteiger partial charge on any atom is 0.309 e. The molecule has 0 heterocycles. The van der Waals surface area contributed by atoms with Crippen molar-refractivity contribution in [3.8, 4) is 0 Å². The molecule has 1 aromatic rings. The zero-order chi connectivity index (χ0) is 18.0. The first-order valence-electron chi connectivity index (χ1n) is 8.99. The maximum atomic E-state index is 12.3. The van der Waals surface area contributed by atoms with E-state index >= 15 is 0 Å². The van der Waals surface area contributed by atoms with E-state index in [1.165, 1.54) is 0 Å². The van der Waals surface area contributed by atoms with Crippen LogP contribution in [-0.4, -0.2) is 19.9 Å². The average molecular weight is 349 g/mol. The summed E-state index contributed by atoms with van der Waals surface area (Å²) in [4.78, 5) is 12.3. The van der Waals surface area contributed by atoms with Crippen LogP contribution in [0.1, 0.15) is 52.5 Å². The van der Waals surface area contributed by atoms with Gasteiger partial charge < -0.3 is 9.16 Å². The van der Waals surface area contributed by atoms with Gasteiger partial charge in [0.05, 0.1) is 11.5 Å². The van der Waals surface area contributed by atoms with Crippen LogP contribution in [-0.2, 0) is 20.6 Å². The Kier molecular flexibility index (Phi) is 5.60. The van der Waals surface area contributed by atoms with Crippen molar-refractivity contribution in [2.75, 3.05) is 0 Å². The van der Waals surface area contributed by atoms with Crippen molar-refractivity contribution in [3.05, 3.63) is 35.9 Å². The van der Waals surface area contributed by atoms with Crippen molar-refractivity contribution in [2.24, 2.45) is 5.92 Å². The summed E-state index contributed by atoms with van der Waals surface area (Å²) >= 11 is 0. The molecule has 2 rings (SSSR count). The molecule has 134 valence electrons. The highest BCUT2D eigenvalue weighted by molar-refractivity contribution is 6.74. The van der Waals surface area contributed by atoms with Gasteiger partial charge in [-0.05, 0) is 43.0 Å². The van der Waals surface area contributed by atoms with Gasteiger partial charge >= 0.3 is 5.97 Å². The molecular weight excluding hydrogens is 316 g/mol. The van der Waals surface area contributed by atoms with Crippen LogP contribution in [0.25, 0.3) is 0 Å². The van der Waals surface area contributed by atoms with Crippen LogP contribution in [0.2, 0.25) is 18.1 Å². The lowest BCUT2D eigenvalue weighted by Crippen LogP contribution is -2.56. The second kappa shape index (κ2) is 7.01. The van der Waals surface area contributed by atoms with Crippen molar-refractivity contribution in [1.82, 2.24) is 0 Å². The highest BCUT2D eigenvalue weighted by Gasteiger charge is 2.52. The van der Waals surface area contributed by atoms with Gasteiger partial charge in [0.1, 0.15) is 6.61 Å². The van der Waals surface area contributed by atoms with Gasteiger partial charge in [0.2, 0.25) is 0 Å². The Morgan fingerprint density at radius 1 is 1.21 bits per heavy atom. The smallest absolute Gasteiger partial charge is 0.309 e. The summed E-state index contributed by atoms with van der Waals surface area (Å²) in [5.41, 5.74) is 0.906. The van der Waals surface area contributed by atoms with Gasteiger partial charge in [0, 0.05) is 0 Å². The van der Waals surface area contributed by atoms with Gasteiger partial charge in [-0.15, -0.1) is 0 Å². The molecule has 0 spiro atoms. The topological polar surface area (TPSA) is 35.5 Å². The van der Waals surface area contributed by atoms with Gasteiger partial charge in [0.15, 0.2) is 8.32 Å². The fourth-order valence-corrected chi connectivity index (χ4v) is 4.69. The molecule has 0 radical (unpaired) electrons. The third-order valence-corrected chi connectivity index (χ3v) is 10.3. The molecule has 3 nitrogen and oxygen atoms in total. The van der Waals surface area contributed by atoms with Gasteiger partial charge in [-0.3, -0.25) is 4.79 Å². The van der Waals surface area contributed by atoms with Crippen LogP contribution in [0.15, 0.2) is 30.3 Å². The second-order valence-corrected chi connectivity index (χ2v) is 13.3. The van der Waals surface area contributed by atoms with Crippen molar-refractivity contribution in [3.63, 3.8) is 0 Å². The van der Waals surface area contributed by atoms with Crippen LogP contribution in [0.5, 0.6) is 0 Å². The number of carbonyl (C=O) groups excluding carboxylic acids is 1. The zero-order valence-electron chi connectivity index (χ0n) is 16.0. The van der Waals surface area contributed by atoms with Crippen LogP contribution in [0.4, 0.5) is 0 Å². The summed E-state index contributed by atoms with van der Waals surface area (Å²) in [5.74, 6) is -0.0970. The van der Waals surface area contributed by atoms with Crippen molar-refractivity contribution in [2.45, 2.75) is 77.3 Å². The van der Waals surface area contributed by atoms with Gasteiger partial charge in [-0.1, -0.05) is 58.0 Å². The standard InChI is InChI=1S/C20H32O3Si/c1-7-20(23-24(5,6)19(2,3)4)13-17(14-20)18(21)22-15-16-11-9-8-10-12-16/h8-12,17H,7,13-15H2,1-6H3. The molecule has 0 aromatic heterocycles. The number of ether oxygens (including phenoxy) is 1. The van der Waals surface area contributed by atoms with Crippen LogP contribution < -0.4 is 0 Å². The molecule has 4 heteroatoms. The summed E-state index contributed by atoms with van der Waals surface area (Å²) in [7, 11) is -1.82. The van der Waals surface area contributed by atoms with E-state index in [0.29, 0.717) is 6.61 Å². The minimum absolute atomic E-state index is 0.0153. The summed E-state index contributed by atoms with van der Waals surface area (Å²) in [6, 6.07) is 9.84. The van der Waals surface area contributed by atoms with E-state index in [0.717, 1.165) is 24.8 Å². The highest BCUT2D eigenvalue weighted by Crippen LogP contribution is 2.49. The lowest BCUT2D eigenvalue weighted by molar-refractivity contribution is -0.164. The van der Waals surface area contributed by atoms with Crippen molar-refractivity contribution >= 4 is 14.3 Å². The fourth-order valence-electron chi connectivity index (χ4n) is 2.99. The summed E-state index contributed by atoms with van der Waals surface area (Å²) in [6.07, 6.45) is 2.55.